The number of nitrogens with zero attached hydrogens (tertiary/aromatic N) is 3. The van der Waals surface area contributed by atoms with Gasteiger partial charge in [0.15, 0.2) is 0 Å². The number of hydrogen-bond acceptors (Lipinski definition) is 5. The number of hydrogen-bond donors (Lipinski definition) is 1. The number of halogens is 1. The van der Waals surface area contributed by atoms with Crippen molar-refractivity contribution in [1.29, 1.82) is 0 Å². The Morgan fingerprint density at radius 2 is 1.81 bits per heavy atom. The molecule has 0 unspecified atom stereocenters. The maximum Gasteiger partial charge on any atom is 0.223 e. The van der Waals surface area contributed by atoms with Crippen LogP contribution in [0.3, 0.4) is 0 Å². The van der Waals surface area contributed by atoms with Gasteiger partial charge < -0.3 is 9.84 Å². The maximum absolute atomic E-state index is 5.95. The Labute approximate surface area is 162 Å². The average Bonchev–Trinajstić information content (AvgIpc) is 3.09. The number of benzene rings is 2. The standard InChI is InChI=1S/C21H19ClN4O/c1-13-3-6-16-12-18(21-24-14(2)27-26-21)20(25-19(16)11-13)23-10-9-15-4-7-17(22)8-5-15/h3-8,11-12H,9-10H2,1-2H3,(H,23,25). The first-order valence-corrected chi connectivity index (χ1v) is 9.17. The number of nitrogens with one attached hydrogen (secondary N) is 1. The van der Waals surface area contributed by atoms with Crippen LogP contribution >= 0.6 is 11.6 Å². The van der Waals surface area contributed by atoms with Crippen LogP contribution in [0.4, 0.5) is 5.82 Å². The number of aromatic nitrogens is 3. The van der Waals surface area contributed by atoms with Crippen molar-refractivity contribution in [2.24, 2.45) is 0 Å². The minimum Gasteiger partial charge on any atom is -0.369 e. The Balaban J connectivity index is 1.65. The van der Waals surface area contributed by atoms with E-state index in [1.807, 2.05) is 24.3 Å². The van der Waals surface area contributed by atoms with Gasteiger partial charge in [0.25, 0.3) is 0 Å². The molecule has 0 fully saturated rings. The van der Waals surface area contributed by atoms with Crippen molar-refractivity contribution in [3.05, 3.63) is 70.6 Å². The normalized spacial score (nSPS) is 11.1. The molecule has 0 spiro atoms. The summed E-state index contributed by atoms with van der Waals surface area (Å²) < 4.78 is 5.16. The quantitative estimate of drug-likeness (QED) is 0.516. The molecule has 1 N–H and O–H groups in total. The van der Waals surface area contributed by atoms with Crippen LogP contribution in [-0.2, 0) is 6.42 Å². The van der Waals surface area contributed by atoms with Crippen molar-refractivity contribution in [3.63, 3.8) is 0 Å². The molecule has 2 heterocycles. The predicted octanol–water partition coefficient (Wildman–Crippen LogP) is 5.21. The van der Waals surface area contributed by atoms with Crippen LogP contribution in [0.5, 0.6) is 0 Å². The molecule has 2 aromatic heterocycles. The highest BCUT2D eigenvalue weighted by atomic mass is 35.5. The molecule has 0 bridgehead atoms. The average molecular weight is 379 g/mol. The van der Waals surface area contributed by atoms with E-state index in [0.29, 0.717) is 11.7 Å². The second-order valence-electron chi connectivity index (χ2n) is 6.52. The number of fused-ring (bicyclic) bond motifs is 1. The lowest BCUT2D eigenvalue weighted by Crippen LogP contribution is -2.08. The van der Waals surface area contributed by atoms with Crippen molar-refractivity contribution < 1.29 is 4.52 Å². The number of rotatable bonds is 5. The summed E-state index contributed by atoms with van der Waals surface area (Å²) in [5.41, 5.74) is 4.15. The number of anilines is 1. The molecule has 5 nitrogen and oxygen atoms in total. The van der Waals surface area contributed by atoms with Crippen LogP contribution in [0.2, 0.25) is 5.02 Å². The van der Waals surface area contributed by atoms with Gasteiger partial charge in [-0.3, -0.25) is 0 Å². The molecule has 27 heavy (non-hydrogen) atoms. The van der Waals surface area contributed by atoms with Gasteiger partial charge in [-0.25, -0.2) is 4.98 Å². The van der Waals surface area contributed by atoms with E-state index in [2.05, 4.69) is 46.6 Å². The molecule has 0 amide bonds. The van der Waals surface area contributed by atoms with Crippen LogP contribution in [0.25, 0.3) is 22.3 Å². The monoisotopic (exact) mass is 378 g/mol. The van der Waals surface area contributed by atoms with Gasteiger partial charge in [-0.15, -0.1) is 0 Å². The van der Waals surface area contributed by atoms with Crippen LogP contribution in [0, 0.1) is 13.8 Å². The van der Waals surface area contributed by atoms with E-state index in [1.54, 1.807) is 6.92 Å². The molecule has 136 valence electrons. The highest BCUT2D eigenvalue weighted by Crippen LogP contribution is 2.28. The van der Waals surface area contributed by atoms with Gasteiger partial charge in [-0.2, -0.15) is 4.98 Å². The van der Waals surface area contributed by atoms with Crippen molar-refractivity contribution in [1.82, 2.24) is 15.1 Å². The van der Waals surface area contributed by atoms with Crippen LogP contribution in [0.1, 0.15) is 17.0 Å². The second-order valence-corrected chi connectivity index (χ2v) is 6.96. The van der Waals surface area contributed by atoms with Crippen molar-refractivity contribution in [3.8, 4) is 11.4 Å². The van der Waals surface area contributed by atoms with Crippen molar-refractivity contribution in [2.45, 2.75) is 20.3 Å². The van der Waals surface area contributed by atoms with E-state index < -0.39 is 0 Å². The zero-order chi connectivity index (χ0) is 18.8. The first-order valence-electron chi connectivity index (χ1n) is 8.79. The van der Waals surface area contributed by atoms with E-state index in [9.17, 15) is 0 Å². The first-order chi connectivity index (χ1) is 13.1. The Bertz CT molecular complexity index is 1090. The molecule has 0 atom stereocenters. The third-order valence-corrected chi connectivity index (χ3v) is 4.61. The molecule has 4 aromatic rings. The smallest absolute Gasteiger partial charge is 0.223 e. The van der Waals surface area contributed by atoms with E-state index >= 15 is 0 Å². The maximum atomic E-state index is 5.95. The molecule has 0 aliphatic heterocycles. The fourth-order valence-corrected chi connectivity index (χ4v) is 3.09. The largest absolute Gasteiger partial charge is 0.369 e. The molecule has 0 radical (unpaired) electrons. The summed E-state index contributed by atoms with van der Waals surface area (Å²) >= 11 is 5.95. The Hall–Kier alpha value is -2.92. The lowest BCUT2D eigenvalue weighted by molar-refractivity contribution is 0.394. The predicted molar refractivity (Wildman–Crippen MR) is 108 cm³/mol. The third kappa shape index (κ3) is 3.93. The van der Waals surface area contributed by atoms with Crippen LogP contribution in [-0.4, -0.2) is 21.7 Å². The fraction of sp³-hybridized carbons (Fsp3) is 0.190. The molecule has 0 saturated heterocycles. The summed E-state index contributed by atoms with van der Waals surface area (Å²) in [5, 5.41) is 9.28. The van der Waals surface area contributed by atoms with Gasteiger partial charge in [0.2, 0.25) is 11.7 Å². The van der Waals surface area contributed by atoms with E-state index in [0.717, 1.165) is 40.3 Å². The molecular formula is C21H19ClN4O. The molecule has 0 aliphatic rings. The number of pyridine rings is 1. The Kier molecular flexibility index (Phi) is 4.77. The molecule has 4 rings (SSSR count). The Morgan fingerprint density at radius 1 is 1.00 bits per heavy atom. The summed E-state index contributed by atoms with van der Waals surface area (Å²) in [4.78, 5) is 9.18. The van der Waals surface area contributed by atoms with E-state index in [1.165, 1.54) is 11.1 Å². The Morgan fingerprint density at radius 3 is 2.56 bits per heavy atom. The minimum atomic E-state index is 0.529. The van der Waals surface area contributed by atoms with Gasteiger partial charge in [-0.05, 0) is 48.7 Å². The zero-order valence-corrected chi connectivity index (χ0v) is 15.9. The number of aryl methyl sites for hydroxylation is 2. The van der Waals surface area contributed by atoms with Crippen LogP contribution in [0.15, 0.2) is 53.1 Å². The summed E-state index contributed by atoms with van der Waals surface area (Å²) in [6, 6.07) is 16.1. The van der Waals surface area contributed by atoms with Crippen molar-refractivity contribution >= 4 is 28.3 Å². The highest BCUT2D eigenvalue weighted by Gasteiger charge is 2.14. The molecule has 0 aliphatic carbocycles. The van der Waals surface area contributed by atoms with Gasteiger partial charge in [0.05, 0.1) is 11.1 Å². The second kappa shape index (κ2) is 7.37. The summed E-state index contributed by atoms with van der Waals surface area (Å²) in [6.07, 6.45) is 0.857. The van der Waals surface area contributed by atoms with Gasteiger partial charge in [0, 0.05) is 23.9 Å². The molecule has 6 heteroatoms. The lowest BCUT2D eigenvalue weighted by atomic mass is 10.1. The highest BCUT2D eigenvalue weighted by molar-refractivity contribution is 6.30. The van der Waals surface area contributed by atoms with E-state index in [-0.39, 0.29) is 0 Å². The minimum absolute atomic E-state index is 0.529. The summed E-state index contributed by atoms with van der Waals surface area (Å²) in [6.45, 7) is 4.57. The molecular weight excluding hydrogens is 360 g/mol. The molecule has 2 aromatic carbocycles. The fourth-order valence-electron chi connectivity index (χ4n) is 2.97. The zero-order valence-electron chi connectivity index (χ0n) is 15.2. The van der Waals surface area contributed by atoms with Crippen LogP contribution < -0.4 is 5.32 Å². The SMILES string of the molecule is Cc1ccc2cc(-c3noc(C)n3)c(NCCc3ccc(Cl)cc3)nc2c1. The molecule has 0 saturated carbocycles. The van der Waals surface area contributed by atoms with E-state index in [4.69, 9.17) is 21.1 Å². The summed E-state index contributed by atoms with van der Waals surface area (Å²) in [5.74, 6) is 1.82. The third-order valence-electron chi connectivity index (χ3n) is 4.36. The van der Waals surface area contributed by atoms with Gasteiger partial charge >= 0.3 is 0 Å². The van der Waals surface area contributed by atoms with Gasteiger partial charge in [-0.1, -0.05) is 41.0 Å². The summed E-state index contributed by atoms with van der Waals surface area (Å²) in [7, 11) is 0. The lowest BCUT2D eigenvalue weighted by Gasteiger charge is -2.11. The van der Waals surface area contributed by atoms with Crippen molar-refractivity contribution in [2.75, 3.05) is 11.9 Å². The van der Waals surface area contributed by atoms with Gasteiger partial charge in [0.1, 0.15) is 5.82 Å². The first kappa shape index (κ1) is 17.5. The topological polar surface area (TPSA) is 63.8 Å².